The summed E-state index contributed by atoms with van der Waals surface area (Å²) in [6.07, 6.45) is 3.80. The predicted octanol–water partition coefficient (Wildman–Crippen LogP) is 4.41. The zero-order chi connectivity index (χ0) is 22.9. The first-order valence-electron chi connectivity index (χ1n) is 12.1. The normalized spacial score (nSPS) is 14.6. The van der Waals surface area contributed by atoms with Gasteiger partial charge in [-0.1, -0.05) is 24.6 Å². The minimum absolute atomic E-state index is 0.0697. The summed E-state index contributed by atoms with van der Waals surface area (Å²) in [5.74, 6) is 1.52. The van der Waals surface area contributed by atoms with E-state index in [2.05, 4.69) is 10.2 Å². The van der Waals surface area contributed by atoms with Crippen LogP contribution in [0.25, 0.3) is 10.9 Å². The van der Waals surface area contributed by atoms with Crippen LogP contribution in [-0.4, -0.2) is 48.9 Å². The third-order valence-electron chi connectivity index (χ3n) is 6.15. The zero-order valence-corrected chi connectivity index (χ0v) is 19.6. The topological polar surface area (TPSA) is 55.7 Å². The molecular weight excluding hydrogens is 414 g/mol. The predicted molar refractivity (Wildman–Crippen MR) is 133 cm³/mol. The summed E-state index contributed by atoms with van der Waals surface area (Å²) in [5, 5.41) is 4.40. The van der Waals surface area contributed by atoms with Gasteiger partial charge in [0.25, 0.3) is 5.56 Å². The second-order valence-corrected chi connectivity index (χ2v) is 8.54. The Bertz CT molecular complexity index is 1080. The number of ether oxygens (including phenoxy) is 2. The number of para-hydroxylation sites is 1. The second-order valence-electron chi connectivity index (χ2n) is 8.54. The molecule has 0 atom stereocenters. The van der Waals surface area contributed by atoms with E-state index in [1.54, 1.807) is 0 Å². The van der Waals surface area contributed by atoms with Crippen LogP contribution in [0, 0.1) is 0 Å². The van der Waals surface area contributed by atoms with Gasteiger partial charge in [0.05, 0.1) is 12.1 Å². The Balaban J connectivity index is 1.60. The van der Waals surface area contributed by atoms with Gasteiger partial charge in [-0.15, -0.1) is 0 Å². The molecule has 1 aromatic heterocycles. The van der Waals surface area contributed by atoms with Gasteiger partial charge in [-0.3, -0.25) is 4.79 Å². The summed E-state index contributed by atoms with van der Waals surface area (Å²) < 4.78 is 13.4. The highest BCUT2D eigenvalue weighted by Gasteiger charge is 2.14. The summed E-state index contributed by atoms with van der Waals surface area (Å²) >= 11 is 0. The van der Waals surface area contributed by atoms with E-state index in [0.29, 0.717) is 26.3 Å². The lowest BCUT2D eigenvalue weighted by Gasteiger charge is -2.27. The highest BCUT2D eigenvalue weighted by molar-refractivity contribution is 5.81. The van der Waals surface area contributed by atoms with E-state index in [0.717, 1.165) is 54.1 Å². The highest BCUT2D eigenvalue weighted by Crippen LogP contribution is 2.25. The molecule has 0 amide bonds. The summed E-state index contributed by atoms with van der Waals surface area (Å²) in [4.78, 5) is 15.9. The molecule has 2 aromatic carbocycles. The number of benzene rings is 2. The van der Waals surface area contributed by atoms with Crippen molar-refractivity contribution in [3.63, 3.8) is 0 Å². The van der Waals surface area contributed by atoms with Crippen molar-refractivity contribution in [2.45, 2.75) is 39.3 Å². The Hall–Kier alpha value is -2.67. The maximum absolute atomic E-state index is 13.5. The molecule has 6 nitrogen and oxygen atoms in total. The van der Waals surface area contributed by atoms with Crippen molar-refractivity contribution in [1.82, 2.24) is 14.8 Å². The van der Waals surface area contributed by atoms with E-state index in [9.17, 15) is 4.79 Å². The van der Waals surface area contributed by atoms with Gasteiger partial charge in [0.2, 0.25) is 0 Å². The lowest BCUT2D eigenvalue weighted by atomic mass is 10.1. The Kier molecular flexibility index (Phi) is 8.53. The van der Waals surface area contributed by atoms with E-state index < -0.39 is 0 Å². The average molecular weight is 450 g/mol. The molecule has 4 rings (SSSR count). The van der Waals surface area contributed by atoms with Crippen molar-refractivity contribution in [2.75, 3.05) is 39.4 Å². The van der Waals surface area contributed by atoms with Crippen molar-refractivity contribution in [1.29, 1.82) is 0 Å². The number of likely N-dealkylation sites (tertiary alicyclic amines) is 1. The molecule has 176 valence electrons. The smallest absolute Gasteiger partial charge is 0.255 e. The Morgan fingerprint density at radius 3 is 2.55 bits per heavy atom. The van der Waals surface area contributed by atoms with E-state index >= 15 is 0 Å². The van der Waals surface area contributed by atoms with Crippen LogP contribution in [0.1, 0.15) is 31.7 Å². The largest absolute Gasteiger partial charge is 0.457 e. The van der Waals surface area contributed by atoms with E-state index in [1.165, 1.54) is 19.3 Å². The molecule has 3 aromatic rings. The Labute approximate surface area is 196 Å². The van der Waals surface area contributed by atoms with E-state index in [-0.39, 0.29) is 5.56 Å². The molecule has 0 saturated carbocycles. The molecule has 0 bridgehead atoms. The quantitative estimate of drug-likeness (QED) is 0.440. The van der Waals surface area contributed by atoms with Crippen LogP contribution in [0.15, 0.2) is 59.4 Å². The van der Waals surface area contributed by atoms with Crippen LogP contribution >= 0.6 is 0 Å². The fraction of sp³-hybridized carbons (Fsp3) is 0.444. The van der Waals surface area contributed by atoms with Crippen molar-refractivity contribution < 1.29 is 9.47 Å². The summed E-state index contributed by atoms with van der Waals surface area (Å²) in [6.45, 7) is 8.40. The number of hydrogen-bond donors (Lipinski definition) is 1. The molecule has 0 spiro atoms. The molecule has 0 aliphatic carbocycles. The van der Waals surface area contributed by atoms with Crippen LogP contribution in [-0.2, 0) is 17.8 Å². The first-order valence-corrected chi connectivity index (χ1v) is 12.1. The summed E-state index contributed by atoms with van der Waals surface area (Å²) in [7, 11) is 0. The molecule has 0 unspecified atom stereocenters. The number of hydrogen-bond acceptors (Lipinski definition) is 5. The lowest BCUT2D eigenvalue weighted by Crippen LogP contribution is -2.36. The van der Waals surface area contributed by atoms with Crippen molar-refractivity contribution in [2.24, 2.45) is 0 Å². The first kappa shape index (κ1) is 23.5. The zero-order valence-electron chi connectivity index (χ0n) is 19.6. The number of nitrogens with one attached hydrogen (secondary N) is 1. The van der Waals surface area contributed by atoms with Crippen LogP contribution in [0.2, 0.25) is 0 Å². The average Bonchev–Trinajstić information content (AvgIpc) is 2.85. The van der Waals surface area contributed by atoms with Gasteiger partial charge < -0.3 is 24.3 Å². The third kappa shape index (κ3) is 6.44. The summed E-state index contributed by atoms with van der Waals surface area (Å²) in [5.41, 5.74) is 1.78. The maximum Gasteiger partial charge on any atom is 0.255 e. The lowest BCUT2D eigenvalue weighted by molar-refractivity contribution is 0.149. The van der Waals surface area contributed by atoms with Gasteiger partial charge in [-0.05, 0) is 68.6 Å². The standard InChI is InChI=1S/C27H35N3O3/c1-2-32-18-13-28-21-23-19-22-11-12-25(33-24-9-5-3-6-10-24)20-26(22)30(27(23)31)17-16-29-14-7-4-8-15-29/h3,5-6,9-12,19-20,28H,2,4,7-8,13-18,21H2,1H3. The molecule has 2 heterocycles. The molecule has 1 fully saturated rings. The van der Waals surface area contributed by atoms with Crippen LogP contribution < -0.4 is 15.6 Å². The van der Waals surface area contributed by atoms with Crippen molar-refractivity contribution >= 4 is 10.9 Å². The van der Waals surface area contributed by atoms with Gasteiger partial charge >= 0.3 is 0 Å². The molecule has 0 radical (unpaired) electrons. The molecule has 1 N–H and O–H groups in total. The van der Waals surface area contributed by atoms with Crippen molar-refractivity contribution in [3.8, 4) is 11.5 Å². The number of pyridine rings is 1. The molecule has 6 heteroatoms. The van der Waals surface area contributed by atoms with E-state index in [4.69, 9.17) is 9.47 Å². The molecule has 33 heavy (non-hydrogen) atoms. The Morgan fingerprint density at radius 1 is 0.939 bits per heavy atom. The van der Waals surface area contributed by atoms with Gasteiger partial charge in [0, 0.05) is 44.4 Å². The molecule has 1 saturated heterocycles. The minimum Gasteiger partial charge on any atom is -0.457 e. The fourth-order valence-electron chi connectivity index (χ4n) is 4.38. The maximum atomic E-state index is 13.5. The fourth-order valence-corrected chi connectivity index (χ4v) is 4.38. The SMILES string of the molecule is CCOCCNCc1cc2ccc(Oc3ccccc3)cc2n(CCN2CCCCC2)c1=O. The minimum atomic E-state index is 0.0697. The molecule has 1 aliphatic heterocycles. The second kappa shape index (κ2) is 12.0. The van der Waals surface area contributed by atoms with Crippen LogP contribution in [0.5, 0.6) is 11.5 Å². The Morgan fingerprint density at radius 2 is 1.76 bits per heavy atom. The monoisotopic (exact) mass is 449 g/mol. The van der Waals surface area contributed by atoms with Gasteiger partial charge in [0.1, 0.15) is 11.5 Å². The molecule has 1 aliphatic rings. The number of rotatable bonds is 11. The number of nitrogens with zero attached hydrogens (tertiary/aromatic N) is 2. The molecular formula is C27H35N3O3. The first-order chi connectivity index (χ1) is 16.2. The number of aromatic nitrogens is 1. The van der Waals surface area contributed by atoms with Gasteiger partial charge in [-0.25, -0.2) is 0 Å². The third-order valence-corrected chi connectivity index (χ3v) is 6.15. The number of fused-ring (bicyclic) bond motifs is 1. The van der Waals surface area contributed by atoms with Gasteiger partial charge in [-0.2, -0.15) is 0 Å². The van der Waals surface area contributed by atoms with Crippen LogP contribution in [0.3, 0.4) is 0 Å². The number of piperidine rings is 1. The van der Waals surface area contributed by atoms with E-state index in [1.807, 2.05) is 66.1 Å². The highest BCUT2D eigenvalue weighted by atomic mass is 16.5. The van der Waals surface area contributed by atoms with Crippen LogP contribution in [0.4, 0.5) is 0 Å². The van der Waals surface area contributed by atoms with Crippen molar-refractivity contribution in [3.05, 3.63) is 70.5 Å². The summed E-state index contributed by atoms with van der Waals surface area (Å²) in [6, 6.07) is 17.8. The van der Waals surface area contributed by atoms with Gasteiger partial charge in [0.15, 0.2) is 0 Å².